The summed E-state index contributed by atoms with van der Waals surface area (Å²) in [6.45, 7) is 12.2. The molecule has 3 aromatic carbocycles. The van der Waals surface area contributed by atoms with Crippen LogP contribution in [0.1, 0.15) is 49.9 Å². The van der Waals surface area contributed by atoms with Crippen LogP contribution in [-0.2, 0) is 26.2 Å². The normalized spacial score (nSPS) is 12.5. The Hall–Kier alpha value is -3.07. The lowest BCUT2D eigenvalue weighted by atomic mass is 10.1. The second-order valence-corrected chi connectivity index (χ2v) is 14.0. The smallest absolute Gasteiger partial charge is 0.264 e. The number of benzene rings is 3. The minimum Gasteiger partial charge on any atom is -0.350 e. The highest BCUT2D eigenvalue weighted by molar-refractivity contribution is 7.92. The summed E-state index contributed by atoms with van der Waals surface area (Å²) in [6.07, 6.45) is 0. The Bertz CT molecular complexity index is 1530. The molecule has 0 saturated heterocycles. The number of carbonyl (C=O) groups excluding carboxylic acids is 2. The molecule has 0 aliphatic rings. The monoisotopic (exact) mass is 617 g/mol. The number of hydrogen-bond acceptors (Lipinski definition) is 4. The lowest BCUT2D eigenvalue weighted by molar-refractivity contribution is -0.140. The minimum atomic E-state index is -4.15. The number of carbonyl (C=O) groups is 2. The van der Waals surface area contributed by atoms with Crippen LogP contribution in [0.2, 0.25) is 10.0 Å². The summed E-state index contributed by atoms with van der Waals surface area (Å²) in [5.74, 6) is -0.946. The van der Waals surface area contributed by atoms with E-state index in [0.29, 0.717) is 26.9 Å². The maximum atomic E-state index is 14.1. The topological polar surface area (TPSA) is 86.8 Å². The Labute approximate surface area is 253 Å². The molecule has 0 aliphatic heterocycles. The van der Waals surface area contributed by atoms with Crippen LogP contribution < -0.4 is 9.62 Å². The Balaban J connectivity index is 2.10. The third-order valence-corrected chi connectivity index (χ3v) is 8.89. The van der Waals surface area contributed by atoms with Crippen molar-refractivity contribution >= 4 is 50.7 Å². The van der Waals surface area contributed by atoms with Crippen molar-refractivity contribution in [2.75, 3.05) is 10.8 Å². The fourth-order valence-corrected chi connectivity index (χ4v) is 6.27. The van der Waals surface area contributed by atoms with Crippen LogP contribution in [0.3, 0.4) is 0 Å². The standard InChI is InChI=1S/C31H37Cl2N3O4S/c1-20-8-13-26(14-9-20)41(39,40)36(28-15-10-21(2)16-22(28)3)19-29(37)35(23(4)30(38)34-31(5,6)7)18-24-11-12-25(32)17-27(24)33/h8-17,23H,18-19H2,1-7H3,(H,34,38)/t23-/m0/s1. The van der Waals surface area contributed by atoms with Crippen molar-refractivity contribution in [1.29, 1.82) is 0 Å². The van der Waals surface area contributed by atoms with Gasteiger partial charge in [0, 0.05) is 22.1 Å². The van der Waals surface area contributed by atoms with E-state index in [1.807, 2.05) is 40.7 Å². The molecule has 0 aliphatic carbocycles. The Morgan fingerprint density at radius 1 is 0.902 bits per heavy atom. The van der Waals surface area contributed by atoms with Gasteiger partial charge in [0.15, 0.2) is 0 Å². The zero-order chi connectivity index (χ0) is 30.7. The molecule has 0 unspecified atom stereocenters. The molecule has 10 heteroatoms. The van der Waals surface area contributed by atoms with E-state index in [-0.39, 0.29) is 17.3 Å². The molecule has 3 aromatic rings. The van der Waals surface area contributed by atoms with Gasteiger partial charge in [-0.3, -0.25) is 13.9 Å². The summed E-state index contributed by atoms with van der Waals surface area (Å²) < 4.78 is 29.2. The summed E-state index contributed by atoms with van der Waals surface area (Å²) in [5, 5.41) is 3.67. The molecule has 0 bridgehead atoms. The van der Waals surface area contributed by atoms with Gasteiger partial charge in [-0.05, 0) is 89.9 Å². The summed E-state index contributed by atoms with van der Waals surface area (Å²) in [5.41, 5.74) is 2.96. The number of hydrogen-bond donors (Lipinski definition) is 1. The third kappa shape index (κ3) is 8.24. The molecule has 0 radical (unpaired) electrons. The Morgan fingerprint density at radius 2 is 1.51 bits per heavy atom. The fraction of sp³-hybridized carbons (Fsp3) is 0.355. The number of nitrogens with zero attached hydrogens (tertiary/aromatic N) is 2. The van der Waals surface area contributed by atoms with Gasteiger partial charge < -0.3 is 10.2 Å². The van der Waals surface area contributed by atoms with Crippen LogP contribution in [0.4, 0.5) is 5.69 Å². The summed E-state index contributed by atoms with van der Waals surface area (Å²) >= 11 is 12.5. The molecule has 41 heavy (non-hydrogen) atoms. The van der Waals surface area contributed by atoms with E-state index in [1.54, 1.807) is 56.3 Å². The predicted molar refractivity (Wildman–Crippen MR) is 166 cm³/mol. The van der Waals surface area contributed by atoms with Crippen LogP contribution in [0, 0.1) is 20.8 Å². The van der Waals surface area contributed by atoms with Crippen LogP contribution in [0.25, 0.3) is 0 Å². The molecule has 7 nitrogen and oxygen atoms in total. The van der Waals surface area contributed by atoms with Gasteiger partial charge >= 0.3 is 0 Å². The lowest BCUT2D eigenvalue weighted by Gasteiger charge is -2.34. The highest BCUT2D eigenvalue weighted by atomic mass is 35.5. The quantitative estimate of drug-likeness (QED) is 0.299. The van der Waals surface area contributed by atoms with E-state index in [9.17, 15) is 18.0 Å². The molecule has 2 amide bonds. The fourth-order valence-electron chi connectivity index (χ4n) is 4.33. The van der Waals surface area contributed by atoms with Gasteiger partial charge in [-0.15, -0.1) is 0 Å². The van der Waals surface area contributed by atoms with Gasteiger partial charge in [-0.25, -0.2) is 8.42 Å². The molecule has 1 N–H and O–H groups in total. The summed E-state index contributed by atoms with van der Waals surface area (Å²) in [7, 11) is -4.15. The van der Waals surface area contributed by atoms with E-state index in [1.165, 1.54) is 17.0 Å². The number of nitrogens with one attached hydrogen (secondary N) is 1. The second-order valence-electron chi connectivity index (χ2n) is 11.3. The third-order valence-electron chi connectivity index (χ3n) is 6.53. The van der Waals surface area contributed by atoms with Crippen LogP contribution in [-0.4, -0.2) is 43.3 Å². The average molecular weight is 619 g/mol. The molecule has 1 atom stereocenters. The maximum absolute atomic E-state index is 14.1. The Kier molecular flexibility index (Phi) is 10.2. The van der Waals surface area contributed by atoms with Gasteiger partial charge in [0.2, 0.25) is 11.8 Å². The molecule has 220 valence electrons. The largest absolute Gasteiger partial charge is 0.350 e. The van der Waals surface area contributed by atoms with Crippen LogP contribution in [0.5, 0.6) is 0 Å². The van der Waals surface area contributed by atoms with Crippen LogP contribution >= 0.6 is 23.2 Å². The van der Waals surface area contributed by atoms with Crippen molar-refractivity contribution in [3.8, 4) is 0 Å². The predicted octanol–water partition coefficient (Wildman–Crippen LogP) is 6.45. The molecule has 0 fully saturated rings. The van der Waals surface area contributed by atoms with Crippen molar-refractivity contribution < 1.29 is 18.0 Å². The van der Waals surface area contributed by atoms with Crippen molar-refractivity contribution in [3.05, 3.63) is 93.0 Å². The van der Waals surface area contributed by atoms with E-state index < -0.39 is 34.1 Å². The van der Waals surface area contributed by atoms with E-state index >= 15 is 0 Å². The second kappa shape index (κ2) is 12.8. The van der Waals surface area contributed by atoms with E-state index in [0.717, 1.165) is 15.4 Å². The van der Waals surface area contributed by atoms with Gasteiger partial charge in [0.25, 0.3) is 10.0 Å². The number of amides is 2. The van der Waals surface area contributed by atoms with Crippen molar-refractivity contribution in [3.63, 3.8) is 0 Å². The number of rotatable bonds is 9. The van der Waals surface area contributed by atoms with Gasteiger partial charge in [-0.2, -0.15) is 0 Å². The molecular weight excluding hydrogens is 581 g/mol. The molecule has 0 aromatic heterocycles. The number of sulfonamides is 1. The van der Waals surface area contributed by atoms with Gasteiger partial charge in [-0.1, -0.05) is 64.7 Å². The summed E-state index contributed by atoms with van der Waals surface area (Å²) in [4.78, 5) is 28.7. The minimum absolute atomic E-state index is 0.0289. The van der Waals surface area contributed by atoms with E-state index in [4.69, 9.17) is 23.2 Å². The highest BCUT2D eigenvalue weighted by Crippen LogP contribution is 2.29. The SMILES string of the molecule is Cc1ccc(S(=O)(=O)N(CC(=O)N(Cc2ccc(Cl)cc2Cl)[C@@H](C)C(=O)NC(C)(C)C)c2ccc(C)cc2C)cc1. The lowest BCUT2D eigenvalue weighted by Crippen LogP contribution is -2.54. The molecule has 0 spiro atoms. The zero-order valence-electron chi connectivity index (χ0n) is 24.5. The number of anilines is 1. The average Bonchev–Trinajstić information content (AvgIpc) is 2.86. The van der Waals surface area contributed by atoms with Crippen molar-refractivity contribution in [1.82, 2.24) is 10.2 Å². The van der Waals surface area contributed by atoms with Crippen molar-refractivity contribution in [2.24, 2.45) is 0 Å². The van der Waals surface area contributed by atoms with Crippen LogP contribution in [0.15, 0.2) is 65.6 Å². The van der Waals surface area contributed by atoms with Gasteiger partial charge in [0.1, 0.15) is 12.6 Å². The number of halogens is 2. The molecular formula is C31H37Cl2N3O4S. The summed E-state index contributed by atoms with van der Waals surface area (Å²) in [6, 6.07) is 15.8. The van der Waals surface area contributed by atoms with Crippen molar-refractivity contribution in [2.45, 2.75) is 71.5 Å². The maximum Gasteiger partial charge on any atom is 0.264 e. The molecule has 0 heterocycles. The molecule has 0 saturated carbocycles. The first-order valence-electron chi connectivity index (χ1n) is 13.2. The molecule has 3 rings (SSSR count). The van der Waals surface area contributed by atoms with Gasteiger partial charge in [0.05, 0.1) is 10.6 Å². The highest BCUT2D eigenvalue weighted by Gasteiger charge is 2.34. The first-order valence-corrected chi connectivity index (χ1v) is 15.4. The zero-order valence-corrected chi connectivity index (χ0v) is 26.8. The Morgan fingerprint density at radius 3 is 2.07 bits per heavy atom. The first-order chi connectivity index (χ1) is 19.0. The first kappa shape index (κ1) is 32.4. The number of aryl methyl sites for hydroxylation is 3. The van der Waals surface area contributed by atoms with E-state index in [2.05, 4.69) is 5.32 Å².